The van der Waals surface area contributed by atoms with Crippen molar-refractivity contribution in [3.05, 3.63) is 21.6 Å². The second kappa shape index (κ2) is 3.23. The number of aromatic amines is 1. The molecule has 1 aromatic rings. The maximum atomic E-state index is 12.0. The monoisotopic (exact) mass is 242 g/mol. The molecule has 16 heavy (non-hydrogen) atoms. The molecule has 0 atom stereocenters. The summed E-state index contributed by atoms with van der Waals surface area (Å²) in [5, 5.41) is 2.98. The quantitative estimate of drug-likeness (QED) is 0.773. The van der Waals surface area contributed by atoms with Crippen LogP contribution in [0.4, 0.5) is 0 Å². The molecule has 5 nitrogen and oxygen atoms in total. The zero-order chi connectivity index (χ0) is 11.3. The molecule has 2 aliphatic rings. The Morgan fingerprint density at radius 1 is 1.31 bits per heavy atom. The predicted octanol–water partition coefficient (Wildman–Crippen LogP) is 0.372. The van der Waals surface area contributed by atoms with E-state index in [1.54, 1.807) is 4.68 Å². The first-order valence-electron chi connectivity index (χ1n) is 5.59. The van der Waals surface area contributed by atoms with Crippen molar-refractivity contribution < 1.29 is 8.42 Å². The summed E-state index contributed by atoms with van der Waals surface area (Å²) < 4.78 is 24.5. The van der Waals surface area contributed by atoms with Gasteiger partial charge in [0.25, 0.3) is 5.56 Å². The fourth-order valence-electron chi connectivity index (χ4n) is 2.37. The lowest BCUT2D eigenvalue weighted by Gasteiger charge is -2.25. The highest BCUT2D eigenvalue weighted by Gasteiger charge is 2.29. The average molecular weight is 242 g/mol. The molecule has 1 aliphatic heterocycles. The van der Waals surface area contributed by atoms with E-state index in [9.17, 15) is 13.2 Å². The second-order valence-corrected chi connectivity index (χ2v) is 6.85. The van der Waals surface area contributed by atoms with Crippen LogP contribution < -0.4 is 5.56 Å². The summed E-state index contributed by atoms with van der Waals surface area (Å²) in [5.41, 5.74) is 1.29. The van der Waals surface area contributed by atoms with Crippen LogP contribution in [0.15, 0.2) is 4.79 Å². The molecule has 3 rings (SSSR count). The summed E-state index contributed by atoms with van der Waals surface area (Å²) in [5.74, 6) is 0.106. The van der Waals surface area contributed by atoms with Crippen LogP contribution in [-0.4, -0.2) is 24.0 Å². The van der Waals surface area contributed by atoms with Crippen LogP contribution in [0.25, 0.3) is 0 Å². The van der Waals surface area contributed by atoms with Gasteiger partial charge in [-0.05, 0) is 25.7 Å². The van der Waals surface area contributed by atoms with Gasteiger partial charge in [-0.1, -0.05) is 0 Å². The summed E-state index contributed by atoms with van der Waals surface area (Å²) in [6.07, 6.45) is 3.56. The Balaban J connectivity index is 2.06. The van der Waals surface area contributed by atoms with E-state index in [2.05, 4.69) is 5.10 Å². The Bertz CT molecular complexity index is 578. The summed E-state index contributed by atoms with van der Waals surface area (Å²) in [4.78, 5) is 12.0. The molecule has 0 radical (unpaired) electrons. The number of sulfone groups is 1. The maximum absolute atomic E-state index is 12.0. The van der Waals surface area contributed by atoms with Gasteiger partial charge in [0, 0.05) is 5.56 Å². The van der Waals surface area contributed by atoms with Gasteiger partial charge in [0.05, 0.1) is 23.2 Å². The Kier molecular flexibility index (Phi) is 2.04. The molecule has 0 spiro atoms. The Labute approximate surface area is 93.4 Å². The molecule has 1 fully saturated rings. The van der Waals surface area contributed by atoms with Crippen molar-refractivity contribution in [3.8, 4) is 0 Å². The summed E-state index contributed by atoms with van der Waals surface area (Å²) in [6, 6.07) is 0.265. The summed E-state index contributed by atoms with van der Waals surface area (Å²) in [6.45, 7) is 0. The molecule has 1 aliphatic carbocycles. The average Bonchev–Trinajstić information content (AvgIpc) is 2.39. The number of rotatable bonds is 1. The number of aromatic nitrogens is 2. The topological polar surface area (TPSA) is 71.9 Å². The zero-order valence-electron chi connectivity index (χ0n) is 8.90. The summed E-state index contributed by atoms with van der Waals surface area (Å²) >= 11 is 0. The van der Waals surface area contributed by atoms with Gasteiger partial charge >= 0.3 is 0 Å². The van der Waals surface area contributed by atoms with Crippen LogP contribution in [0, 0.1) is 0 Å². The first kappa shape index (κ1) is 10.1. The van der Waals surface area contributed by atoms with Crippen molar-refractivity contribution in [2.75, 3.05) is 5.75 Å². The van der Waals surface area contributed by atoms with Crippen LogP contribution in [0.2, 0.25) is 0 Å². The molecule has 0 saturated heterocycles. The van der Waals surface area contributed by atoms with Crippen LogP contribution in [-0.2, 0) is 22.0 Å². The van der Waals surface area contributed by atoms with Gasteiger partial charge < -0.3 is 0 Å². The van der Waals surface area contributed by atoms with Crippen molar-refractivity contribution in [2.45, 2.75) is 37.5 Å². The molecule has 0 bridgehead atoms. The maximum Gasteiger partial charge on any atom is 0.270 e. The largest absolute Gasteiger partial charge is 0.298 e. The van der Waals surface area contributed by atoms with Crippen molar-refractivity contribution >= 4 is 9.84 Å². The van der Waals surface area contributed by atoms with E-state index in [0.717, 1.165) is 19.3 Å². The van der Waals surface area contributed by atoms with Crippen molar-refractivity contribution in [1.82, 2.24) is 9.78 Å². The smallest absolute Gasteiger partial charge is 0.270 e. The minimum absolute atomic E-state index is 0.00269. The van der Waals surface area contributed by atoms with E-state index in [4.69, 9.17) is 0 Å². The molecule has 0 unspecified atom stereocenters. The van der Waals surface area contributed by atoms with Gasteiger partial charge in [-0.3, -0.25) is 9.89 Å². The fourth-order valence-corrected chi connectivity index (χ4v) is 3.71. The fraction of sp³-hybridized carbons (Fsp3) is 0.700. The van der Waals surface area contributed by atoms with E-state index in [1.165, 1.54) is 0 Å². The predicted molar refractivity (Wildman–Crippen MR) is 59.1 cm³/mol. The Morgan fingerprint density at radius 2 is 2.06 bits per heavy atom. The molecule has 6 heteroatoms. The third-order valence-corrected chi connectivity index (χ3v) is 5.12. The van der Waals surface area contributed by atoms with Gasteiger partial charge in [-0.15, -0.1) is 0 Å². The van der Waals surface area contributed by atoms with Crippen LogP contribution >= 0.6 is 0 Å². The van der Waals surface area contributed by atoms with Gasteiger partial charge in [0.1, 0.15) is 0 Å². The Morgan fingerprint density at radius 3 is 2.69 bits per heavy atom. The minimum Gasteiger partial charge on any atom is -0.298 e. The number of nitrogens with one attached hydrogen (secondary N) is 1. The molecule has 2 heterocycles. The molecule has 1 N–H and O–H groups in total. The lowest BCUT2D eigenvalue weighted by atomic mass is 9.93. The van der Waals surface area contributed by atoms with Crippen molar-refractivity contribution in [3.63, 3.8) is 0 Å². The minimum atomic E-state index is -3.00. The van der Waals surface area contributed by atoms with E-state index in [0.29, 0.717) is 17.7 Å². The lowest BCUT2D eigenvalue weighted by molar-refractivity contribution is 0.282. The normalized spacial score (nSPS) is 23.8. The molecule has 1 saturated carbocycles. The van der Waals surface area contributed by atoms with Crippen LogP contribution in [0.5, 0.6) is 0 Å². The molecule has 0 amide bonds. The van der Waals surface area contributed by atoms with E-state index in [1.807, 2.05) is 0 Å². The first-order valence-corrected chi connectivity index (χ1v) is 7.42. The van der Waals surface area contributed by atoms with Crippen molar-refractivity contribution in [1.29, 1.82) is 0 Å². The number of fused-ring (bicyclic) bond motifs is 1. The number of hydrogen-bond acceptors (Lipinski definition) is 3. The Hall–Kier alpha value is -1.04. The third kappa shape index (κ3) is 1.43. The lowest BCUT2D eigenvalue weighted by Crippen LogP contribution is -2.29. The second-order valence-electron chi connectivity index (χ2n) is 4.67. The SMILES string of the molecule is O=c1c2c([nH]n1C1CCC1)CS(=O)(=O)CC2. The van der Waals surface area contributed by atoms with E-state index in [-0.39, 0.29) is 23.1 Å². The number of H-pyrrole nitrogens is 1. The molecule has 0 aromatic carbocycles. The number of nitrogens with zero attached hydrogens (tertiary/aromatic N) is 1. The number of hydrogen-bond donors (Lipinski definition) is 1. The zero-order valence-corrected chi connectivity index (χ0v) is 9.72. The first-order chi connectivity index (χ1) is 7.57. The van der Waals surface area contributed by atoms with Gasteiger partial charge in [-0.2, -0.15) is 0 Å². The summed E-state index contributed by atoms with van der Waals surface area (Å²) in [7, 11) is -3.00. The molecular weight excluding hydrogens is 228 g/mol. The highest BCUT2D eigenvalue weighted by Crippen LogP contribution is 2.30. The molecule has 1 aromatic heterocycles. The third-order valence-electron chi connectivity index (χ3n) is 3.56. The van der Waals surface area contributed by atoms with Gasteiger partial charge in [-0.25, -0.2) is 13.1 Å². The highest BCUT2D eigenvalue weighted by molar-refractivity contribution is 7.90. The van der Waals surface area contributed by atoms with Gasteiger partial charge in [0.2, 0.25) is 0 Å². The van der Waals surface area contributed by atoms with Crippen LogP contribution in [0.1, 0.15) is 36.6 Å². The molecule has 88 valence electrons. The van der Waals surface area contributed by atoms with Gasteiger partial charge in [0.15, 0.2) is 9.84 Å². The van der Waals surface area contributed by atoms with E-state index >= 15 is 0 Å². The highest BCUT2D eigenvalue weighted by atomic mass is 32.2. The molecular formula is C10H14N2O3S. The van der Waals surface area contributed by atoms with E-state index < -0.39 is 9.84 Å². The van der Waals surface area contributed by atoms with Crippen LogP contribution in [0.3, 0.4) is 0 Å². The standard InChI is InChI=1S/C10H14N2O3S/c13-10-8-4-5-16(14,15)6-9(8)11-12(10)7-2-1-3-7/h7,11H,1-6H2. The van der Waals surface area contributed by atoms with Crippen molar-refractivity contribution in [2.24, 2.45) is 0 Å².